The summed E-state index contributed by atoms with van der Waals surface area (Å²) in [5.74, 6) is 0.918. The Morgan fingerprint density at radius 3 is 2.69 bits per heavy atom. The van der Waals surface area contributed by atoms with Crippen LogP contribution in [0, 0.1) is 6.92 Å². The second-order valence-corrected chi connectivity index (χ2v) is 4.05. The van der Waals surface area contributed by atoms with Crippen molar-refractivity contribution in [1.82, 2.24) is 0 Å². The van der Waals surface area contributed by atoms with Gasteiger partial charge in [-0.15, -0.1) is 0 Å². The number of hydrogen-bond acceptors (Lipinski definition) is 1. The molecule has 13 heavy (non-hydrogen) atoms. The van der Waals surface area contributed by atoms with Crippen molar-refractivity contribution in [2.45, 2.75) is 13.3 Å². The van der Waals surface area contributed by atoms with Crippen LogP contribution in [0.3, 0.4) is 0 Å². The quantitative estimate of drug-likeness (QED) is 0.757. The van der Waals surface area contributed by atoms with Crippen LogP contribution >= 0.6 is 27.5 Å². The molecule has 1 aromatic rings. The zero-order valence-corrected chi connectivity index (χ0v) is 10.1. The summed E-state index contributed by atoms with van der Waals surface area (Å²) in [7, 11) is 1.68. The van der Waals surface area contributed by atoms with Gasteiger partial charge in [0.05, 0.1) is 7.11 Å². The Hall–Kier alpha value is -0.210. The van der Waals surface area contributed by atoms with Crippen molar-refractivity contribution in [1.29, 1.82) is 0 Å². The highest BCUT2D eigenvalue weighted by Gasteiger charge is 2.05. The summed E-state index contributed by atoms with van der Waals surface area (Å²) < 4.78 is 5.25. The van der Waals surface area contributed by atoms with E-state index in [-0.39, 0.29) is 0 Å². The molecule has 0 aliphatic heterocycles. The van der Waals surface area contributed by atoms with Crippen LogP contribution in [-0.4, -0.2) is 12.4 Å². The minimum Gasteiger partial charge on any atom is -0.496 e. The van der Waals surface area contributed by atoms with E-state index in [0.29, 0.717) is 0 Å². The van der Waals surface area contributed by atoms with Crippen LogP contribution in [0.1, 0.15) is 11.1 Å². The molecule has 0 fully saturated rings. The molecule has 0 bridgehead atoms. The highest BCUT2D eigenvalue weighted by atomic mass is 79.9. The van der Waals surface area contributed by atoms with Crippen LogP contribution in [0.15, 0.2) is 12.1 Å². The van der Waals surface area contributed by atoms with Crippen LogP contribution in [0.2, 0.25) is 5.02 Å². The monoisotopic (exact) mass is 262 g/mol. The van der Waals surface area contributed by atoms with Gasteiger partial charge in [0.2, 0.25) is 0 Å². The Labute approximate surface area is 92.2 Å². The number of rotatable bonds is 3. The molecular formula is C10H12BrClO. The molecule has 0 saturated carbocycles. The predicted molar refractivity (Wildman–Crippen MR) is 60.2 cm³/mol. The molecule has 0 heterocycles. The van der Waals surface area contributed by atoms with Gasteiger partial charge in [-0.2, -0.15) is 0 Å². The Morgan fingerprint density at radius 2 is 2.15 bits per heavy atom. The number of alkyl halides is 1. The minimum absolute atomic E-state index is 0.803. The van der Waals surface area contributed by atoms with Crippen LogP contribution in [0.25, 0.3) is 0 Å². The number of ether oxygens (including phenoxy) is 1. The lowest BCUT2D eigenvalue weighted by Gasteiger charge is -2.09. The van der Waals surface area contributed by atoms with E-state index in [1.54, 1.807) is 7.11 Å². The molecule has 0 N–H and O–H groups in total. The standard InChI is InChI=1S/C10H12BrClO/c1-7-5-10(13-2)8(3-4-11)6-9(7)12/h5-6H,3-4H2,1-2H3. The Balaban J connectivity index is 3.09. The molecule has 0 unspecified atom stereocenters. The van der Waals surface area contributed by atoms with Crippen LogP contribution in [0.5, 0.6) is 5.75 Å². The van der Waals surface area contributed by atoms with Crippen molar-refractivity contribution in [3.63, 3.8) is 0 Å². The van der Waals surface area contributed by atoms with Crippen LogP contribution in [-0.2, 0) is 6.42 Å². The van der Waals surface area contributed by atoms with E-state index in [1.165, 1.54) is 0 Å². The number of hydrogen-bond donors (Lipinski definition) is 0. The molecule has 1 aromatic carbocycles. The van der Waals surface area contributed by atoms with Crippen molar-refractivity contribution in [2.75, 3.05) is 12.4 Å². The van der Waals surface area contributed by atoms with Crippen LogP contribution in [0.4, 0.5) is 0 Å². The van der Waals surface area contributed by atoms with Crippen molar-refractivity contribution in [2.24, 2.45) is 0 Å². The Kier molecular flexibility index (Phi) is 4.07. The summed E-state index contributed by atoms with van der Waals surface area (Å²) in [4.78, 5) is 0. The first-order valence-electron chi connectivity index (χ1n) is 4.08. The molecule has 72 valence electrons. The third kappa shape index (κ3) is 2.61. The maximum absolute atomic E-state index is 6.01. The second kappa shape index (κ2) is 4.87. The molecule has 1 nitrogen and oxygen atoms in total. The Morgan fingerprint density at radius 1 is 1.46 bits per heavy atom. The van der Waals surface area contributed by atoms with Crippen molar-refractivity contribution >= 4 is 27.5 Å². The molecule has 0 atom stereocenters. The molecule has 0 radical (unpaired) electrons. The molecule has 1 rings (SSSR count). The van der Waals surface area contributed by atoms with Gasteiger partial charge in [-0.05, 0) is 36.6 Å². The fraction of sp³-hybridized carbons (Fsp3) is 0.400. The number of halogens is 2. The lowest BCUT2D eigenvalue weighted by Crippen LogP contribution is -1.94. The zero-order chi connectivity index (χ0) is 9.84. The molecular weight excluding hydrogens is 251 g/mol. The summed E-state index contributed by atoms with van der Waals surface area (Å²) >= 11 is 9.40. The summed E-state index contributed by atoms with van der Waals surface area (Å²) in [5.41, 5.74) is 2.20. The normalized spacial score (nSPS) is 10.2. The van der Waals surface area contributed by atoms with Gasteiger partial charge < -0.3 is 4.74 Å². The van der Waals surface area contributed by atoms with Gasteiger partial charge in [0.1, 0.15) is 5.75 Å². The predicted octanol–water partition coefficient (Wildman–Crippen LogP) is 3.59. The van der Waals surface area contributed by atoms with Gasteiger partial charge in [-0.1, -0.05) is 27.5 Å². The van der Waals surface area contributed by atoms with E-state index in [9.17, 15) is 0 Å². The first-order valence-corrected chi connectivity index (χ1v) is 5.58. The van der Waals surface area contributed by atoms with E-state index < -0.39 is 0 Å². The molecule has 0 spiro atoms. The lowest BCUT2D eigenvalue weighted by molar-refractivity contribution is 0.410. The molecule has 0 aliphatic rings. The fourth-order valence-corrected chi connectivity index (χ4v) is 1.80. The van der Waals surface area contributed by atoms with E-state index in [1.807, 2.05) is 19.1 Å². The number of benzene rings is 1. The van der Waals surface area contributed by atoms with E-state index >= 15 is 0 Å². The average Bonchev–Trinajstić information content (AvgIpc) is 2.11. The molecule has 3 heteroatoms. The lowest BCUT2D eigenvalue weighted by atomic mass is 10.1. The van der Waals surface area contributed by atoms with Gasteiger partial charge in [-0.25, -0.2) is 0 Å². The first kappa shape index (κ1) is 10.9. The molecule has 0 saturated heterocycles. The highest BCUT2D eigenvalue weighted by Crippen LogP contribution is 2.27. The zero-order valence-electron chi connectivity index (χ0n) is 7.73. The number of methoxy groups -OCH3 is 1. The summed E-state index contributed by atoms with van der Waals surface area (Å²) in [6.07, 6.45) is 0.934. The third-order valence-electron chi connectivity index (χ3n) is 1.93. The SMILES string of the molecule is COc1cc(C)c(Cl)cc1CCBr. The summed E-state index contributed by atoms with van der Waals surface area (Å²) in [5, 5.41) is 1.72. The second-order valence-electron chi connectivity index (χ2n) is 2.85. The highest BCUT2D eigenvalue weighted by molar-refractivity contribution is 9.09. The largest absolute Gasteiger partial charge is 0.496 e. The van der Waals surface area contributed by atoms with E-state index in [2.05, 4.69) is 15.9 Å². The summed E-state index contributed by atoms with van der Waals surface area (Å²) in [6, 6.07) is 3.94. The molecule has 0 aromatic heterocycles. The van der Waals surface area contributed by atoms with Gasteiger partial charge in [0.15, 0.2) is 0 Å². The maximum Gasteiger partial charge on any atom is 0.122 e. The smallest absolute Gasteiger partial charge is 0.122 e. The van der Waals surface area contributed by atoms with Crippen molar-refractivity contribution < 1.29 is 4.74 Å². The average molecular weight is 264 g/mol. The molecule has 0 amide bonds. The van der Waals surface area contributed by atoms with Gasteiger partial charge in [0.25, 0.3) is 0 Å². The van der Waals surface area contributed by atoms with Crippen molar-refractivity contribution in [3.05, 3.63) is 28.3 Å². The van der Waals surface area contributed by atoms with E-state index in [0.717, 1.165) is 33.6 Å². The van der Waals surface area contributed by atoms with Gasteiger partial charge >= 0.3 is 0 Å². The Bertz CT molecular complexity index is 299. The third-order valence-corrected chi connectivity index (χ3v) is 2.73. The van der Waals surface area contributed by atoms with E-state index in [4.69, 9.17) is 16.3 Å². The maximum atomic E-state index is 6.01. The van der Waals surface area contributed by atoms with Crippen LogP contribution < -0.4 is 4.74 Å². The van der Waals surface area contributed by atoms with Gasteiger partial charge in [0, 0.05) is 10.4 Å². The summed E-state index contributed by atoms with van der Waals surface area (Å²) in [6.45, 7) is 1.97. The van der Waals surface area contributed by atoms with Crippen molar-refractivity contribution in [3.8, 4) is 5.75 Å². The fourth-order valence-electron chi connectivity index (χ4n) is 1.18. The number of aryl methyl sites for hydroxylation is 2. The minimum atomic E-state index is 0.803. The first-order chi connectivity index (χ1) is 6.19. The topological polar surface area (TPSA) is 9.23 Å². The molecule has 0 aliphatic carbocycles. The van der Waals surface area contributed by atoms with Gasteiger partial charge in [-0.3, -0.25) is 0 Å².